The van der Waals surface area contributed by atoms with E-state index in [1.807, 2.05) is 6.92 Å². The summed E-state index contributed by atoms with van der Waals surface area (Å²) in [5, 5.41) is 12.3. The highest BCUT2D eigenvalue weighted by molar-refractivity contribution is 5.75. The van der Waals surface area contributed by atoms with Gasteiger partial charge in [-0.05, 0) is 36.8 Å². The summed E-state index contributed by atoms with van der Waals surface area (Å²) in [6.07, 6.45) is 1.56. The molecule has 0 bridgehead atoms. The quantitative estimate of drug-likeness (QED) is 0.812. The van der Waals surface area contributed by atoms with E-state index in [9.17, 15) is 9.90 Å². The molecule has 0 aliphatic rings. The Morgan fingerprint density at radius 2 is 2.10 bits per heavy atom. The monoisotopic (exact) mass is 275 g/mol. The number of benzene rings is 1. The molecule has 0 saturated carbocycles. The molecule has 0 fully saturated rings. The predicted octanol–water partition coefficient (Wildman–Crippen LogP) is 2.59. The first kappa shape index (κ1) is 14.1. The number of carboxylic acids is 1. The van der Waals surface area contributed by atoms with E-state index < -0.39 is 12.0 Å². The van der Waals surface area contributed by atoms with Gasteiger partial charge >= 0.3 is 5.97 Å². The summed E-state index contributed by atoms with van der Waals surface area (Å²) in [5.41, 5.74) is 0.674. The summed E-state index contributed by atoms with van der Waals surface area (Å²) >= 11 is 0. The minimum absolute atomic E-state index is 0.358. The summed E-state index contributed by atoms with van der Waals surface area (Å²) in [7, 11) is 0. The summed E-state index contributed by atoms with van der Waals surface area (Å²) in [6, 6.07) is 9.81. The molecule has 0 saturated heterocycles. The maximum absolute atomic E-state index is 11.3. The average molecular weight is 275 g/mol. The molecule has 0 radical (unpaired) electrons. The lowest BCUT2D eigenvalue weighted by molar-refractivity contribution is -0.139. The average Bonchev–Trinajstić information content (AvgIpc) is 2.94. The van der Waals surface area contributed by atoms with Crippen LogP contribution >= 0.6 is 0 Å². The molecule has 1 unspecified atom stereocenters. The summed E-state index contributed by atoms with van der Waals surface area (Å²) in [5.74, 6) is 0.495. The Labute approximate surface area is 117 Å². The van der Waals surface area contributed by atoms with Gasteiger partial charge in [0.25, 0.3) is 0 Å². The molecule has 5 nitrogen and oxygen atoms in total. The number of nitrogens with one attached hydrogen (secondary N) is 1. The SMILES string of the molecule is CCOc1ccc(C(NCc2ccco2)C(=O)O)cc1. The summed E-state index contributed by atoms with van der Waals surface area (Å²) in [4.78, 5) is 11.3. The predicted molar refractivity (Wildman–Crippen MR) is 73.5 cm³/mol. The minimum atomic E-state index is -0.930. The zero-order valence-corrected chi connectivity index (χ0v) is 11.2. The van der Waals surface area contributed by atoms with Crippen LogP contribution in [0.1, 0.15) is 24.3 Å². The largest absolute Gasteiger partial charge is 0.494 e. The first-order valence-electron chi connectivity index (χ1n) is 6.42. The second-order valence-electron chi connectivity index (χ2n) is 4.23. The van der Waals surface area contributed by atoms with Gasteiger partial charge in [-0.2, -0.15) is 0 Å². The van der Waals surface area contributed by atoms with Gasteiger partial charge in [0, 0.05) is 0 Å². The van der Waals surface area contributed by atoms with E-state index in [2.05, 4.69) is 5.32 Å². The maximum atomic E-state index is 11.3. The maximum Gasteiger partial charge on any atom is 0.325 e. The fourth-order valence-corrected chi connectivity index (χ4v) is 1.89. The molecule has 0 aliphatic heterocycles. The molecule has 106 valence electrons. The highest BCUT2D eigenvalue weighted by atomic mass is 16.5. The Morgan fingerprint density at radius 1 is 1.35 bits per heavy atom. The van der Waals surface area contributed by atoms with Crippen LogP contribution in [0.4, 0.5) is 0 Å². The van der Waals surface area contributed by atoms with Gasteiger partial charge < -0.3 is 14.3 Å². The number of carboxylic acid groups (broad SMARTS) is 1. The van der Waals surface area contributed by atoms with Gasteiger partial charge in [0.1, 0.15) is 17.6 Å². The van der Waals surface area contributed by atoms with E-state index in [0.29, 0.717) is 24.5 Å². The van der Waals surface area contributed by atoms with Crippen molar-refractivity contribution in [2.75, 3.05) is 6.61 Å². The van der Waals surface area contributed by atoms with Crippen LogP contribution in [0.2, 0.25) is 0 Å². The molecule has 2 aromatic rings. The molecule has 0 amide bonds. The Kier molecular flexibility index (Phi) is 4.79. The van der Waals surface area contributed by atoms with E-state index in [0.717, 1.165) is 5.75 Å². The number of aliphatic carboxylic acids is 1. The van der Waals surface area contributed by atoms with Crippen molar-refractivity contribution in [1.82, 2.24) is 5.32 Å². The lowest BCUT2D eigenvalue weighted by Gasteiger charge is -2.14. The Hall–Kier alpha value is -2.27. The number of furan rings is 1. The number of rotatable bonds is 7. The lowest BCUT2D eigenvalue weighted by atomic mass is 10.1. The van der Waals surface area contributed by atoms with Crippen molar-refractivity contribution in [3.8, 4) is 5.75 Å². The second-order valence-corrected chi connectivity index (χ2v) is 4.23. The van der Waals surface area contributed by atoms with Gasteiger partial charge in [-0.1, -0.05) is 12.1 Å². The van der Waals surface area contributed by atoms with E-state index >= 15 is 0 Å². The van der Waals surface area contributed by atoms with Crippen molar-refractivity contribution >= 4 is 5.97 Å². The number of hydrogen-bond acceptors (Lipinski definition) is 4. The third-order valence-electron chi connectivity index (χ3n) is 2.83. The number of ether oxygens (including phenoxy) is 1. The summed E-state index contributed by atoms with van der Waals surface area (Å²) < 4.78 is 10.5. The van der Waals surface area contributed by atoms with E-state index in [1.165, 1.54) is 0 Å². The van der Waals surface area contributed by atoms with Crippen LogP contribution in [0, 0.1) is 0 Å². The highest BCUT2D eigenvalue weighted by Gasteiger charge is 2.19. The van der Waals surface area contributed by atoms with Gasteiger partial charge in [0.2, 0.25) is 0 Å². The topological polar surface area (TPSA) is 71.7 Å². The Balaban J connectivity index is 2.05. The zero-order valence-electron chi connectivity index (χ0n) is 11.2. The lowest BCUT2D eigenvalue weighted by Crippen LogP contribution is -2.27. The molecular formula is C15H17NO4. The third-order valence-corrected chi connectivity index (χ3v) is 2.83. The zero-order chi connectivity index (χ0) is 14.4. The van der Waals surface area contributed by atoms with Crippen molar-refractivity contribution in [2.24, 2.45) is 0 Å². The third kappa shape index (κ3) is 3.61. The second kappa shape index (κ2) is 6.77. The molecular weight excluding hydrogens is 258 g/mol. The smallest absolute Gasteiger partial charge is 0.325 e. The molecule has 5 heteroatoms. The van der Waals surface area contributed by atoms with Gasteiger partial charge in [0.15, 0.2) is 0 Å². The molecule has 1 heterocycles. The minimum Gasteiger partial charge on any atom is -0.494 e. The summed E-state index contributed by atoms with van der Waals surface area (Å²) in [6.45, 7) is 2.84. The molecule has 1 aromatic heterocycles. The van der Waals surface area contributed by atoms with E-state index in [1.54, 1.807) is 42.7 Å². The van der Waals surface area contributed by atoms with Gasteiger partial charge in [-0.3, -0.25) is 10.1 Å². The first-order chi connectivity index (χ1) is 9.70. The molecule has 1 aromatic carbocycles. The normalized spacial score (nSPS) is 12.1. The van der Waals surface area contributed by atoms with Crippen LogP contribution in [-0.4, -0.2) is 17.7 Å². The Bertz CT molecular complexity index is 534. The fraction of sp³-hybridized carbons (Fsp3) is 0.267. The standard InChI is InChI=1S/C15H17NO4/c1-2-19-12-7-5-11(6-8-12)14(15(17)18)16-10-13-4-3-9-20-13/h3-9,14,16H,2,10H2,1H3,(H,17,18). The fourth-order valence-electron chi connectivity index (χ4n) is 1.89. The van der Waals surface area contributed by atoms with Crippen LogP contribution in [-0.2, 0) is 11.3 Å². The van der Waals surface area contributed by atoms with Crippen LogP contribution < -0.4 is 10.1 Å². The van der Waals surface area contributed by atoms with Crippen LogP contribution in [0.3, 0.4) is 0 Å². The molecule has 0 aliphatic carbocycles. The van der Waals surface area contributed by atoms with Gasteiger partial charge in [-0.15, -0.1) is 0 Å². The molecule has 1 atom stereocenters. The van der Waals surface area contributed by atoms with Crippen LogP contribution in [0.15, 0.2) is 47.1 Å². The van der Waals surface area contributed by atoms with Crippen molar-refractivity contribution in [2.45, 2.75) is 19.5 Å². The van der Waals surface area contributed by atoms with Crippen molar-refractivity contribution < 1.29 is 19.1 Å². The van der Waals surface area contributed by atoms with Gasteiger partial charge in [0.05, 0.1) is 19.4 Å². The van der Waals surface area contributed by atoms with Crippen molar-refractivity contribution in [3.63, 3.8) is 0 Å². The molecule has 2 N–H and O–H groups in total. The van der Waals surface area contributed by atoms with E-state index in [-0.39, 0.29) is 0 Å². The number of hydrogen-bond donors (Lipinski definition) is 2. The van der Waals surface area contributed by atoms with Gasteiger partial charge in [-0.25, -0.2) is 0 Å². The first-order valence-corrected chi connectivity index (χ1v) is 6.42. The van der Waals surface area contributed by atoms with Crippen LogP contribution in [0.5, 0.6) is 5.75 Å². The molecule has 0 spiro atoms. The van der Waals surface area contributed by atoms with Crippen molar-refractivity contribution in [1.29, 1.82) is 0 Å². The Morgan fingerprint density at radius 3 is 2.65 bits per heavy atom. The molecule has 20 heavy (non-hydrogen) atoms. The number of carbonyl (C=O) groups is 1. The van der Waals surface area contributed by atoms with Crippen LogP contribution in [0.25, 0.3) is 0 Å². The van der Waals surface area contributed by atoms with Crippen molar-refractivity contribution in [3.05, 3.63) is 54.0 Å². The van der Waals surface area contributed by atoms with E-state index in [4.69, 9.17) is 9.15 Å². The highest BCUT2D eigenvalue weighted by Crippen LogP contribution is 2.19. The molecule has 2 rings (SSSR count).